The van der Waals surface area contributed by atoms with Gasteiger partial charge in [0.05, 0.1) is 28.3 Å². The van der Waals surface area contributed by atoms with Crippen LogP contribution in [0.15, 0.2) is 126 Å². The van der Waals surface area contributed by atoms with Gasteiger partial charge in [-0.15, -0.1) is 24.3 Å². The van der Waals surface area contributed by atoms with Crippen LogP contribution >= 0.6 is 0 Å². The van der Waals surface area contributed by atoms with E-state index in [1.807, 2.05) is 29.2 Å². The Morgan fingerprint density at radius 3 is 1.91 bits per heavy atom. The Kier molecular flexibility index (Phi) is 9.58. The molecule has 10 nitrogen and oxygen atoms in total. The van der Waals surface area contributed by atoms with E-state index in [1.54, 1.807) is 0 Å². The van der Waals surface area contributed by atoms with E-state index in [9.17, 15) is 0 Å². The minimum Gasteiger partial charge on any atom is -0.513 e. The molecule has 0 amide bonds. The molecular weight excluding hydrogens is 1030 g/mol. The van der Waals surface area contributed by atoms with Crippen molar-refractivity contribution >= 4 is 77.6 Å². The molecule has 6 aromatic carbocycles. The summed E-state index contributed by atoms with van der Waals surface area (Å²) in [5, 5.41) is 7.04. The quantitative estimate of drug-likeness (QED) is 0.155. The van der Waals surface area contributed by atoms with Crippen LogP contribution in [-0.4, -0.2) is 42.7 Å². The summed E-state index contributed by atoms with van der Waals surface area (Å²) in [6.45, 7) is 20.0. The van der Waals surface area contributed by atoms with E-state index in [2.05, 4.69) is 190 Å². The molecule has 11 heteroatoms. The zero-order chi connectivity index (χ0) is 46.5. The van der Waals surface area contributed by atoms with E-state index in [4.69, 9.17) is 24.5 Å². The molecule has 0 aliphatic heterocycles. The fourth-order valence-corrected chi connectivity index (χ4v) is 10.5. The average molecular weight is 1080 g/mol. The summed E-state index contributed by atoms with van der Waals surface area (Å²) in [6.07, 6.45) is 6.05. The van der Waals surface area contributed by atoms with Gasteiger partial charge in [-0.3, -0.25) is 9.25 Å². The second-order valence-electron chi connectivity index (χ2n) is 20.1. The molecule has 69 heavy (non-hydrogen) atoms. The number of aryl methyl sites for hydroxylation is 2. The number of furan rings is 1. The number of imidazole rings is 4. The maximum absolute atomic E-state index is 6.91. The molecule has 0 atom stereocenters. The first-order valence-electron chi connectivity index (χ1n) is 23.5. The van der Waals surface area contributed by atoms with E-state index in [1.165, 1.54) is 22.3 Å². The molecule has 7 heterocycles. The molecule has 0 saturated carbocycles. The predicted octanol–water partition coefficient (Wildman–Crippen LogP) is 14.1. The van der Waals surface area contributed by atoms with Crippen molar-refractivity contribution < 1.29 is 25.5 Å². The number of pyridine rings is 1. The van der Waals surface area contributed by atoms with Crippen molar-refractivity contribution in [3.8, 4) is 28.3 Å². The van der Waals surface area contributed by atoms with E-state index < -0.39 is 0 Å². The van der Waals surface area contributed by atoms with Crippen LogP contribution in [0, 0.1) is 26.0 Å². The standard InChI is InChI=1S/C58H49N9O.Pt/c1-32(2)39-18-14-19-40(33(3)4)52(39)36-30-60-63(31-36)38-26-42-41-17-10-11-22-50(41)68-55(42)49(27-38)66-46-29-48-47(28-45(46)64-43-20-12-15-34(5)53(43)61-56(64)66)65-44-21-13-16-35(6)54(44)62-57(65)67(48)51-25-37(23-24-59-51)58(7,8)9;/h10-26,28,30-33H,1-9H3;/q-2;+2. The molecule has 0 N–H and O–H groups in total. The van der Waals surface area contributed by atoms with Gasteiger partial charge >= 0.3 is 21.1 Å². The van der Waals surface area contributed by atoms with Crippen LogP contribution in [0.4, 0.5) is 0 Å². The Hall–Kier alpha value is -7.29. The number of aromatic nitrogens is 9. The normalized spacial score (nSPS) is 12.6. The van der Waals surface area contributed by atoms with Gasteiger partial charge in [-0.25, -0.2) is 15.0 Å². The first kappa shape index (κ1) is 43.0. The fourth-order valence-electron chi connectivity index (χ4n) is 10.5. The van der Waals surface area contributed by atoms with Crippen molar-refractivity contribution in [3.05, 3.63) is 162 Å². The minimum atomic E-state index is -0.105. The van der Waals surface area contributed by atoms with Gasteiger partial charge in [0.2, 0.25) is 11.6 Å². The Morgan fingerprint density at radius 2 is 1.26 bits per heavy atom. The second-order valence-corrected chi connectivity index (χ2v) is 20.1. The number of rotatable bonds is 6. The van der Waals surface area contributed by atoms with E-state index >= 15 is 0 Å². The third-order valence-electron chi connectivity index (χ3n) is 14.0. The zero-order valence-corrected chi connectivity index (χ0v) is 42.2. The van der Waals surface area contributed by atoms with Gasteiger partial charge in [0.15, 0.2) is 0 Å². The molecule has 7 aromatic heterocycles. The van der Waals surface area contributed by atoms with Crippen LogP contribution in [-0.2, 0) is 26.5 Å². The predicted molar refractivity (Wildman–Crippen MR) is 274 cm³/mol. The molecule has 0 aliphatic rings. The van der Waals surface area contributed by atoms with E-state index in [0.717, 1.165) is 100 Å². The fraction of sp³-hybridized carbons (Fsp3) is 0.207. The molecule has 13 aromatic rings. The van der Waals surface area contributed by atoms with Gasteiger partial charge in [-0.05, 0) is 128 Å². The van der Waals surface area contributed by atoms with Crippen molar-refractivity contribution in [2.24, 2.45) is 0 Å². The van der Waals surface area contributed by atoms with Gasteiger partial charge in [-0.1, -0.05) is 115 Å². The van der Waals surface area contributed by atoms with Crippen LogP contribution in [0.25, 0.3) is 106 Å². The van der Waals surface area contributed by atoms with Gasteiger partial charge in [0, 0.05) is 28.9 Å². The number of hydrogen-bond donors (Lipinski definition) is 0. The largest absolute Gasteiger partial charge is 2.00 e. The summed E-state index contributed by atoms with van der Waals surface area (Å²) in [5.74, 6) is 2.94. The van der Waals surface area contributed by atoms with Crippen LogP contribution in [0.2, 0.25) is 0 Å². The van der Waals surface area contributed by atoms with Gasteiger partial charge in [-0.2, -0.15) is 5.10 Å². The first-order valence-corrected chi connectivity index (χ1v) is 23.5. The third kappa shape index (κ3) is 6.27. The molecule has 0 aliphatic carbocycles. The van der Waals surface area contributed by atoms with Crippen LogP contribution < -0.4 is 0 Å². The Labute approximate surface area is 413 Å². The average Bonchev–Trinajstić information content (AvgIpc) is 4.18. The van der Waals surface area contributed by atoms with Crippen LogP contribution in [0.3, 0.4) is 0 Å². The van der Waals surface area contributed by atoms with Gasteiger partial charge in [0.1, 0.15) is 11.4 Å². The molecule has 0 spiro atoms. The zero-order valence-electron chi connectivity index (χ0n) is 40.0. The van der Waals surface area contributed by atoms with Gasteiger partial charge in [0.25, 0.3) is 0 Å². The minimum absolute atomic E-state index is 0. The molecule has 0 fully saturated rings. The summed E-state index contributed by atoms with van der Waals surface area (Å²) in [4.78, 5) is 15.9. The van der Waals surface area contributed by atoms with E-state index in [0.29, 0.717) is 23.1 Å². The molecule has 342 valence electrons. The molecule has 0 bridgehead atoms. The summed E-state index contributed by atoms with van der Waals surface area (Å²) < 4.78 is 17.7. The van der Waals surface area contributed by atoms with Crippen molar-refractivity contribution in [1.82, 2.24) is 42.7 Å². The van der Waals surface area contributed by atoms with Crippen molar-refractivity contribution in [2.75, 3.05) is 0 Å². The summed E-state index contributed by atoms with van der Waals surface area (Å²) >= 11 is 0. The number of fused-ring (bicyclic) bond motifs is 13. The Balaban J connectivity index is 0.00000492. The van der Waals surface area contributed by atoms with Crippen molar-refractivity contribution in [2.45, 2.75) is 79.6 Å². The summed E-state index contributed by atoms with van der Waals surface area (Å²) in [7, 11) is 0. The Bertz CT molecular complexity index is 4210. The second kappa shape index (κ2) is 15.4. The van der Waals surface area contributed by atoms with Crippen LogP contribution in [0.1, 0.15) is 88.1 Å². The monoisotopic (exact) mass is 1080 g/mol. The molecule has 13 rings (SSSR count). The maximum atomic E-state index is 6.91. The summed E-state index contributed by atoms with van der Waals surface area (Å²) in [5.41, 5.74) is 18.6. The van der Waals surface area contributed by atoms with Crippen molar-refractivity contribution in [1.29, 1.82) is 0 Å². The topological polar surface area (TPSA) is 88.3 Å². The van der Waals surface area contributed by atoms with E-state index in [-0.39, 0.29) is 26.5 Å². The molecule has 0 unspecified atom stereocenters. The SMILES string of the molecule is Cc1cccc2c1nc1n(-c3cc(C(C)(C)C)ccn3)c3[c-]c4c(cc3n21)n1c2cccc(C)c2nc1n4-c1[c-]c(-n2cc(-c3c(C(C)C)cccc3C(C)C)cn2)cc2c1oc1ccccc12.[Pt+2]. The maximum Gasteiger partial charge on any atom is 2.00 e. The van der Waals surface area contributed by atoms with Gasteiger partial charge < -0.3 is 17.8 Å². The molecular formula is C58H49N9OPt. The number of nitrogens with zero attached hydrogens (tertiary/aromatic N) is 9. The Morgan fingerprint density at radius 1 is 0.638 bits per heavy atom. The van der Waals surface area contributed by atoms with Crippen LogP contribution in [0.5, 0.6) is 0 Å². The number of hydrogen-bond acceptors (Lipinski definition) is 5. The van der Waals surface area contributed by atoms with Crippen molar-refractivity contribution in [3.63, 3.8) is 0 Å². The number of benzene rings is 6. The smallest absolute Gasteiger partial charge is 0.513 e. The number of para-hydroxylation sites is 3. The third-order valence-corrected chi connectivity index (χ3v) is 14.0. The molecule has 0 saturated heterocycles. The molecule has 0 radical (unpaired) electrons. The first-order chi connectivity index (χ1) is 32.8. The summed E-state index contributed by atoms with van der Waals surface area (Å²) in [6, 6.07) is 44.2.